The number of alkyl carbamates (subject to hydrolysis) is 1. The number of nitrogens with zero attached hydrogens (tertiary/aromatic N) is 1. The first-order chi connectivity index (χ1) is 27.3. The number of cyclic esters (lactones) is 1. The zero-order valence-corrected chi connectivity index (χ0v) is 35.3. The summed E-state index contributed by atoms with van der Waals surface area (Å²) in [6.07, 6.45) is -3.33. The summed E-state index contributed by atoms with van der Waals surface area (Å²) in [5.74, 6) is -5.14. The minimum Gasteiger partial charge on any atom is -0.464 e. The van der Waals surface area contributed by atoms with Crippen LogP contribution in [0, 0.1) is 23.7 Å². The van der Waals surface area contributed by atoms with Crippen molar-refractivity contribution in [3.8, 4) is 11.3 Å². The van der Waals surface area contributed by atoms with E-state index in [0.717, 1.165) is 11.1 Å². The molecule has 0 aliphatic carbocycles. The number of likely N-dealkylation sites (N-methyl/N-ethyl adjacent to an activating group) is 1. The number of methoxy groups -OCH3 is 1. The lowest BCUT2D eigenvalue weighted by molar-refractivity contribution is -0.295. The van der Waals surface area contributed by atoms with Crippen LogP contribution < -0.4 is 10.6 Å². The molecule has 4 heterocycles. The van der Waals surface area contributed by atoms with Crippen LogP contribution in [-0.2, 0) is 49.3 Å². The van der Waals surface area contributed by atoms with Gasteiger partial charge >= 0.3 is 12.1 Å². The van der Waals surface area contributed by atoms with Crippen LogP contribution in [0.5, 0.6) is 0 Å². The highest BCUT2D eigenvalue weighted by molar-refractivity contribution is 6.00. The van der Waals surface area contributed by atoms with Crippen molar-refractivity contribution in [3.63, 3.8) is 0 Å². The molecule has 0 bridgehead atoms. The molecule has 320 valence electrons. The molecule has 3 aliphatic heterocycles. The number of hydrogen-bond acceptors (Lipinski definition) is 13. The van der Waals surface area contributed by atoms with Crippen LogP contribution in [0.25, 0.3) is 11.3 Å². The van der Waals surface area contributed by atoms with Gasteiger partial charge in [-0.2, -0.15) is 0 Å². The number of esters is 1. The Morgan fingerprint density at radius 1 is 1.02 bits per heavy atom. The van der Waals surface area contributed by atoms with Gasteiger partial charge in [0.15, 0.2) is 17.7 Å². The van der Waals surface area contributed by atoms with Gasteiger partial charge in [0, 0.05) is 49.4 Å². The van der Waals surface area contributed by atoms with Crippen molar-refractivity contribution in [3.05, 3.63) is 48.2 Å². The predicted octanol–water partition coefficient (Wildman–Crippen LogP) is 4.08. The molecule has 0 spiro atoms. The number of ketones is 2. The predicted molar refractivity (Wildman–Crippen MR) is 211 cm³/mol. The largest absolute Gasteiger partial charge is 0.464 e. The Morgan fingerprint density at radius 2 is 1.74 bits per heavy atom. The van der Waals surface area contributed by atoms with Gasteiger partial charge in [-0.05, 0) is 78.4 Å². The summed E-state index contributed by atoms with van der Waals surface area (Å²) >= 11 is 0. The highest BCUT2D eigenvalue weighted by Gasteiger charge is 2.57. The summed E-state index contributed by atoms with van der Waals surface area (Å²) < 4.78 is 36.2. The number of aliphatic hydroxyl groups is 1. The summed E-state index contributed by atoms with van der Waals surface area (Å²) in [5, 5.41) is 17.1. The molecule has 2 aromatic rings. The highest BCUT2D eigenvalue weighted by Crippen LogP contribution is 2.40. The third kappa shape index (κ3) is 9.65. The second kappa shape index (κ2) is 18.4. The molecule has 15 heteroatoms. The molecule has 3 saturated heterocycles. The second-order valence-corrected chi connectivity index (χ2v) is 17.0. The number of hydrogen-bond donors (Lipinski definition) is 3. The van der Waals surface area contributed by atoms with Crippen molar-refractivity contribution in [2.45, 2.75) is 128 Å². The van der Waals surface area contributed by atoms with Crippen molar-refractivity contribution in [2.24, 2.45) is 23.7 Å². The van der Waals surface area contributed by atoms with Gasteiger partial charge in [-0.25, -0.2) is 4.79 Å². The van der Waals surface area contributed by atoms with Crippen molar-refractivity contribution in [1.82, 2.24) is 15.5 Å². The second-order valence-electron chi connectivity index (χ2n) is 17.0. The smallest absolute Gasteiger partial charge is 0.408 e. The summed E-state index contributed by atoms with van der Waals surface area (Å²) in [6, 6.07) is 9.77. The van der Waals surface area contributed by atoms with E-state index in [2.05, 4.69) is 10.6 Å². The van der Waals surface area contributed by atoms with Crippen LogP contribution in [0.3, 0.4) is 0 Å². The molecule has 3 fully saturated rings. The van der Waals surface area contributed by atoms with Gasteiger partial charge < -0.3 is 48.7 Å². The summed E-state index contributed by atoms with van der Waals surface area (Å²) in [7, 11) is 5.16. The maximum atomic E-state index is 14.4. The summed E-state index contributed by atoms with van der Waals surface area (Å²) in [4.78, 5) is 70.8. The standard InChI is InChI=1S/C43H61N3O12/c1-23-22-42(6,53-10)38(57-40-36(50)30(46(8)9)19-24(2)55-40)26(4)35(49)27(5)39(51)56-32(43(7)37(25(3)34(23)48)45-41(52)58-43)16-17-44-33(47)21-28-13-11-14-29(20-28)31-15-12-18-54-31/h11-15,18,20,23-27,30,32,36-38,40,50H,16-17,19,21-22H2,1-10H3,(H,44,47)(H,45,52)/t23-,24?,25+,26+,27-,30?,32-,36?,37-,38-,40?,42-,43-/m1/s1. The molecular weight excluding hydrogens is 750 g/mol. The molecule has 13 atom stereocenters. The normalized spacial score (nSPS) is 36.4. The maximum absolute atomic E-state index is 14.4. The number of carbonyl (C=O) groups excluding carboxylic acids is 5. The number of amides is 2. The lowest BCUT2D eigenvalue weighted by Crippen LogP contribution is -2.60. The van der Waals surface area contributed by atoms with E-state index in [-0.39, 0.29) is 49.6 Å². The Morgan fingerprint density at radius 3 is 2.40 bits per heavy atom. The Kier molecular flexibility index (Phi) is 14.3. The van der Waals surface area contributed by atoms with E-state index >= 15 is 0 Å². The van der Waals surface area contributed by atoms with Crippen LogP contribution in [0.1, 0.15) is 73.3 Å². The van der Waals surface area contributed by atoms with Crippen LogP contribution in [0.4, 0.5) is 4.79 Å². The van der Waals surface area contributed by atoms with Gasteiger partial charge in [0.25, 0.3) is 0 Å². The number of Topliss-reactive ketones (excluding diaryl/α,β-unsaturated/α-hetero) is 2. The lowest BCUT2D eigenvalue weighted by atomic mass is 9.73. The SMILES string of the molecule is CO[C@]1(C)C[C@@H](C)C(=O)[C@H](C)[C@H]2NC(=O)O[C@]2(C)[C@@H](CCNC(=O)Cc2cccc(-c3ccco3)c2)OC(=O)[C@H](C)C(=O)[C@H](C)[C@H]1OC1OC(C)CC(N(C)C)C1O. The zero-order valence-electron chi connectivity index (χ0n) is 35.3. The van der Waals surface area contributed by atoms with E-state index in [4.69, 9.17) is 28.1 Å². The fourth-order valence-corrected chi connectivity index (χ4v) is 8.91. The fraction of sp³-hybridized carbons (Fsp3) is 0.651. The molecule has 5 rings (SSSR count). The molecule has 0 saturated carbocycles. The van der Waals surface area contributed by atoms with Gasteiger partial charge in [0.05, 0.1) is 36.5 Å². The van der Waals surface area contributed by atoms with Crippen LogP contribution >= 0.6 is 0 Å². The monoisotopic (exact) mass is 811 g/mol. The molecule has 4 unspecified atom stereocenters. The first-order valence-corrected chi connectivity index (χ1v) is 20.2. The Hall–Kier alpha value is -4.15. The first-order valence-electron chi connectivity index (χ1n) is 20.2. The quantitative estimate of drug-likeness (QED) is 0.230. The lowest BCUT2D eigenvalue weighted by Gasteiger charge is -2.47. The number of ether oxygens (including phenoxy) is 5. The average molecular weight is 812 g/mol. The molecule has 58 heavy (non-hydrogen) atoms. The molecule has 1 aromatic carbocycles. The fourth-order valence-electron chi connectivity index (χ4n) is 8.91. The molecule has 1 aromatic heterocycles. The third-order valence-corrected chi connectivity index (χ3v) is 12.4. The third-order valence-electron chi connectivity index (χ3n) is 12.4. The molecule has 3 aliphatic rings. The number of carbonyl (C=O) groups is 5. The van der Waals surface area contributed by atoms with Gasteiger partial charge in [0.1, 0.15) is 29.7 Å². The Labute approximate surface area is 340 Å². The molecule has 0 radical (unpaired) electrons. The van der Waals surface area contributed by atoms with E-state index in [1.165, 1.54) is 14.0 Å². The van der Waals surface area contributed by atoms with E-state index in [1.807, 2.05) is 56.3 Å². The zero-order chi connectivity index (χ0) is 42.7. The van der Waals surface area contributed by atoms with Gasteiger partial charge in [-0.3, -0.25) is 19.2 Å². The van der Waals surface area contributed by atoms with Gasteiger partial charge in [0.2, 0.25) is 5.91 Å². The van der Waals surface area contributed by atoms with Crippen molar-refractivity contribution < 1.29 is 57.2 Å². The highest BCUT2D eigenvalue weighted by atomic mass is 16.7. The number of furan rings is 1. The Balaban J connectivity index is 1.42. The minimum atomic E-state index is -1.56. The van der Waals surface area contributed by atoms with Crippen molar-refractivity contribution >= 4 is 29.5 Å². The number of fused-ring (bicyclic) bond motifs is 1. The van der Waals surface area contributed by atoms with Crippen LogP contribution in [-0.4, -0.2) is 121 Å². The van der Waals surface area contributed by atoms with Gasteiger partial charge in [-0.15, -0.1) is 0 Å². The van der Waals surface area contributed by atoms with Crippen LogP contribution in [0.2, 0.25) is 0 Å². The average Bonchev–Trinajstić information content (AvgIpc) is 3.83. The first kappa shape index (κ1) is 44.9. The topological polar surface area (TPSA) is 192 Å². The Bertz CT molecular complexity index is 1780. The number of aliphatic hydroxyl groups excluding tert-OH is 1. The molecule has 15 nitrogen and oxygen atoms in total. The number of rotatable bonds is 10. The van der Waals surface area contributed by atoms with Crippen LogP contribution in [0.15, 0.2) is 47.1 Å². The molecular formula is C43H61N3O12. The van der Waals surface area contributed by atoms with Crippen molar-refractivity contribution in [1.29, 1.82) is 0 Å². The van der Waals surface area contributed by atoms with E-state index < -0.39 is 83.4 Å². The maximum Gasteiger partial charge on any atom is 0.408 e. The van der Waals surface area contributed by atoms with Gasteiger partial charge in [-0.1, -0.05) is 39.0 Å². The molecule has 2 amide bonds. The van der Waals surface area contributed by atoms with E-state index in [9.17, 15) is 29.1 Å². The molecule has 3 N–H and O–H groups in total. The minimum absolute atomic E-state index is 0.00554. The number of nitrogens with one attached hydrogen (secondary N) is 2. The van der Waals surface area contributed by atoms with Crippen molar-refractivity contribution in [2.75, 3.05) is 27.7 Å². The van der Waals surface area contributed by atoms with E-state index in [1.54, 1.807) is 46.9 Å². The summed E-state index contributed by atoms with van der Waals surface area (Å²) in [6.45, 7) is 11.7. The van der Waals surface area contributed by atoms with E-state index in [0.29, 0.717) is 12.2 Å². The summed E-state index contributed by atoms with van der Waals surface area (Å²) in [5.41, 5.74) is -1.28. The number of benzene rings is 1.